The van der Waals surface area contributed by atoms with Gasteiger partial charge in [-0.2, -0.15) is 0 Å². The van der Waals surface area contributed by atoms with Gasteiger partial charge in [0, 0.05) is 150 Å². The number of piperazine rings is 3. The Bertz CT molecular complexity index is 5600. The first-order valence-electron chi connectivity index (χ1n) is 42.3. The van der Waals surface area contributed by atoms with Gasteiger partial charge in [0.25, 0.3) is 16.7 Å². The van der Waals surface area contributed by atoms with Gasteiger partial charge in [-0.25, -0.2) is 40.7 Å². The van der Waals surface area contributed by atoms with Crippen molar-refractivity contribution in [1.29, 1.82) is 0 Å². The molecule has 26 heteroatoms. The summed E-state index contributed by atoms with van der Waals surface area (Å²) in [7, 11) is 0. The van der Waals surface area contributed by atoms with Gasteiger partial charge in [-0.15, -0.1) is 0 Å². The number of alkyl halides is 1. The summed E-state index contributed by atoms with van der Waals surface area (Å²) in [5, 5.41) is 4.31. The molecule has 6 heterocycles. The van der Waals surface area contributed by atoms with Crippen molar-refractivity contribution in [2.75, 3.05) is 112 Å². The molecule has 3 fully saturated rings. The molecule has 19 nitrogen and oxygen atoms in total. The predicted octanol–water partition coefficient (Wildman–Crippen LogP) is 14.6. The summed E-state index contributed by atoms with van der Waals surface area (Å²) in [5.74, 6) is -4.60. The molecular weight excluding hydrogens is 1660 g/mol. The molecule has 3 N–H and O–H groups in total. The number of anilines is 3. The van der Waals surface area contributed by atoms with Crippen LogP contribution in [0.3, 0.4) is 0 Å². The standard InChI is InChI=1S/C33H36F2N4O2.C32H35F2N5O2.C25H28F2N4O2.C8H9Br.CH4/c1-24(27-12-7-4-8-13-27)22-39-32(40)31(25(2)38(33(39)41)23-28-29(34)14-9-15-30(28)35)37-20-18-36(19-21-37)17-16-26-10-5-3-6-11-26;1-23-30(37-19-17-36(18-20-37)16-15-24-9-4-2-5-10-24)31(40)39(22-29(35)25-11-6-3-7-12-25)32(41)38(23)21-26-27(33)13-8-14-28(26)34;1-17(19-7-4-3-5-8-19)15-31-24(32)23(29-13-11-28-12-14-29)18(2)30(25(31)33)16-20-21(26)9-6-10-22(20)27;9-7-6-8-4-2-1-3-5-8;/h3-15,24H,16-23H2,1-2H3;2-14,29H,15-22,35H2,1H3;3-10,17,28H,11-16H2,1-2H3;1-5H,6-7H2;1H4/t24-;29-;17-;;/m000../s1. The fourth-order valence-corrected chi connectivity index (χ4v) is 16.7. The SMILES string of the molecule is BrCCc1ccccc1.C.Cc1c(N2CCN(CCc3ccccc3)CC2)c(=O)n(C[C@H](C)c2ccccc2)c(=O)n1Cc1c(F)cccc1F.Cc1c(N2CCN(CCc3ccccc3)CC2)c(=O)n(C[C@H](N)c2ccccc2)c(=O)n1Cc1c(F)cccc1F.Cc1c(N2CCNCC2)c(=O)n(C[C@H](C)c2ccccc2)c(=O)n1Cc1c(F)cccc1F. The van der Waals surface area contributed by atoms with Crippen LogP contribution in [0.4, 0.5) is 43.4 Å². The Kier molecular flexibility index (Phi) is 34.1. The first-order chi connectivity index (χ1) is 60.0. The molecule has 12 aromatic rings. The van der Waals surface area contributed by atoms with E-state index in [9.17, 15) is 55.1 Å². The lowest BCUT2D eigenvalue weighted by Gasteiger charge is -2.37. The van der Waals surface area contributed by atoms with Gasteiger partial charge in [0.2, 0.25) is 0 Å². The van der Waals surface area contributed by atoms with Crippen LogP contribution in [0.25, 0.3) is 0 Å². The third-order valence-electron chi connectivity index (χ3n) is 23.5. The molecular formula is C99H112BrF6N13O6. The molecule has 3 saturated heterocycles. The first kappa shape index (κ1) is 94.0. The lowest BCUT2D eigenvalue weighted by atomic mass is 10.0. The van der Waals surface area contributed by atoms with E-state index in [1.54, 1.807) is 20.8 Å². The second-order valence-corrected chi connectivity index (χ2v) is 32.5. The molecule has 3 aliphatic heterocycles. The van der Waals surface area contributed by atoms with Gasteiger partial charge in [0.1, 0.15) is 52.0 Å². The zero-order valence-corrected chi connectivity index (χ0v) is 72.4. The number of rotatable bonds is 26. The van der Waals surface area contributed by atoms with Crippen molar-refractivity contribution in [1.82, 2.24) is 42.5 Å². The maximum Gasteiger partial charge on any atom is 0.331 e. The normalized spacial score (nSPS) is 14.3. The molecule has 0 aliphatic carbocycles. The third kappa shape index (κ3) is 23.9. The van der Waals surface area contributed by atoms with Gasteiger partial charge in [0.15, 0.2) is 0 Å². The van der Waals surface area contributed by atoms with Crippen LogP contribution in [-0.2, 0) is 58.5 Å². The summed E-state index contributed by atoms with van der Waals surface area (Å²) in [6, 6.07) is 70.0. The van der Waals surface area contributed by atoms with E-state index in [0.29, 0.717) is 86.5 Å². The molecule has 15 rings (SSSR count). The summed E-state index contributed by atoms with van der Waals surface area (Å²) >= 11 is 3.39. The Balaban J connectivity index is 0.000000173. The summed E-state index contributed by atoms with van der Waals surface area (Å²) in [5.41, 5.74) is 12.0. The maximum atomic E-state index is 14.7. The Morgan fingerprint density at radius 3 is 0.896 bits per heavy atom. The van der Waals surface area contributed by atoms with Gasteiger partial charge in [-0.05, 0) is 122 Å². The fraction of sp³-hybridized carbons (Fsp3) is 0.333. The monoisotopic (exact) mass is 1770 g/mol. The minimum absolute atomic E-state index is 0. The number of aromatic nitrogens is 6. The average molecular weight is 1770 g/mol. The van der Waals surface area contributed by atoms with Crippen LogP contribution < -0.4 is 59.5 Å². The van der Waals surface area contributed by atoms with Crippen molar-refractivity contribution in [3.63, 3.8) is 0 Å². The van der Waals surface area contributed by atoms with Gasteiger partial charge < -0.3 is 25.8 Å². The maximum absolute atomic E-state index is 14.7. The molecule has 0 radical (unpaired) electrons. The molecule has 0 amide bonds. The van der Waals surface area contributed by atoms with Crippen molar-refractivity contribution >= 4 is 33.0 Å². The zero-order chi connectivity index (χ0) is 87.9. The Hall–Kier alpha value is -11.7. The number of aryl methyl sites for hydroxylation is 1. The number of nitrogens with two attached hydrogens (primary N) is 1. The highest BCUT2D eigenvalue weighted by Crippen LogP contribution is 2.27. The molecule has 0 spiro atoms. The van der Waals surface area contributed by atoms with Crippen LogP contribution in [0.2, 0.25) is 0 Å². The van der Waals surface area contributed by atoms with Crippen LogP contribution in [-0.4, -0.2) is 134 Å². The molecule has 0 unspecified atom stereocenters. The van der Waals surface area contributed by atoms with Crippen LogP contribution in [0, 0.1) is 55.7 Å². The van der Waals surface area contributed by atoms with Gasteiger partial charge in [-0.3, -0.25) is 51.6 Å². The van der Waals surface area contributed by atoms with Crippen LogP contribution in [0.5, 0.6) is 0 Å². The summed E-state index contributed by atoms with van der Waals surface area (Å²) in [6.45, 7) is 18.2. The van der Waals surface area contributed by atoms with Crippen LogP contribution in [0.15, 0.2) is 265 Å². The van der Waals surface area contributed by atoms with Gasteiger partial charge in [0.05, 0.1) is 26.2 Å². The van der Waals surface area contributed by atoms with Gasteiger partial charge >= 0.3 is 17.1 Å². The second kappa shape index (κ2) is 45.3. The largest absolute Gasteiger partial charge is 0.363 e. The van der Waals surface area contributed by atoms with Crippen molar-refractivity contribution in [3.8, 4) is 0 Å². The van der Waals surface area contributed by atoms with Crippen molar-refractivity contribution in [3.05, 3.63) is 401 Å². The number of nitrogens with zero attached hydrogens (tertiary/aromatic N) is 11. The minimum Gasteiger partial charge on any atom is -0.363 e. The number of nitrogens with one attached hydrogen (secondary N) is 1. The molecule has 0 saturated carbocycles. The van der Waals surface area contributed by atoms with E-state index in [0.717, 1.165) is 97.3 Å². The lowest BCUT2D eigenvalue weighted by Crippen LogP contribution is -2.52. The summed E-state index contributed by atoms with van der Waals surface area (Å²) < 4.78 is 95.0. The van der Waals surface area contributed by atoms with E-state index in [1.807, 2.05) is 162 Å². The Morgan fingerprint density at radius 2 is 0.600 bits per heavy atom. The quantitative estimate of drug-likeness (QED) is 0.0386. The average Bonchev–Trinajstić information content (AvgIpc) is 0.769. The topological polar surface area (TPSA) is 186 Å². The number of hydrogen-bond acceptors (Lipinski definition) is 13. The molecule has 658 valence electrons. The van der Waals surface area contributed by atoms with Crippen molar-refractivity contribution < 1.29 is 26.3 Å². The highest BCUT2D eigenvalue weighted by atomic mass is 79.9. The number of benzene rings is 9. The van der Waals surface area contributed by atoms with Crippen LogP contribution >= 0.6 is 15.9 Å². The molecule has 0 bridgehead atoms. The smallest absolute Gasteiger partial charge is 0.331 e. The summed E-state index contributed by atoms with van der Waals surface area (Å²) in [4.78, 5) is 93.1. The molecule has 3 aliphatic rings. The number of hydrogen-bond donors (Lipinski definition) is 2. The van der Waals surface area contributed by atoms with Crippen molar-refractivity contribution in [2.45, 2.75) is 118 Å². The Labute approximate surface area is 734 Å². The highest BCUT2D eigenvalue weighted by molar-refractivity contribution is 9.09. The van der Waals surface area contributed by atoms with Gasteiger partial charge in [-0.1, -0.05) is 237 Å². The fourth-order valence-electron chi connectivity index (χ4n) is 16.2. The van der Waals surface area contributed by atoms with Crippen molar-refractivity contribution in [2.24, 2.45) is 5.73 Å². The third-order valence-corrected chi connectivity index (χ3v) is 23.9. The van der Waals surface area contributed by atoms with E-state index >= 15 is 0 Å². The minimum atomic E-state index is -0.747. The zero-order valence-electron chi connectivity index (χ0n) is 70.8. The molecule has 125 heavy (non-hydrogen) atoms. The predicted molar refractivity (Wildman–Crippen MR) is 492 cm³/mol. The lowest BCUT2D eigenvalue weighted by molar-refractivity contribution is 0.260. The number of halogens is 7. The highest BCUT2D eigenvalue weighted by Gasteiger charge is 2.31. The van der Waals surface area contributed by atoms with E-state index < -0.39 is 63.6 Å². The van der Waals surface area contributed by atoms with Crippen LogP contribution in [0.1, 0.15) is 106 Å². The molecule has 3 atom stereocenters. The van der Waals surface area contributed by atoms with E-state index in [4.69, 9.17) is 5.73 Å². The van der Waals surface area contributed by atoms with E-state index in [2.05, 4.69) is 79.6 Å². The first-order valence-corrected chi connectivity index (χ1v) is 43.4. The molecule has 3 aromatic heterocycles. The second-order valence-electron chi connectivity index (χ2n) is 31.7. The Morgan fingerprint density at radius 1 is 0.336 bits per heavy atom. The van der Waals surface area contributed by atoms with E-state index in [1.165, 1.54) is 82.0 Å². The summed E-state index contributed by atoms with van der Waals surface area (Å²) in [6.07, 6.45) is 3.01. The van der Waals surface area contributed by atoms with E-state index in [-0.39, 0.29) is 86.3 Å². The molecule has 9 aromatic carbocycles.